The predicted molar refractivity (Wildman–Crippen MR) is 164 cm³/mol. The van der Waals surface area contributed by atoms with Crippen molar-refractivity contribution < 1.29 is 19.1 Å². The molecule has 0 aliphatic heterocycles. The summed E-state index contributed by atoms with van der Waals surface area (Å²) in [6.07, 6.45) is 2.55. The third kappa shape index (κ3) is 7.80. The van der Waals surface area contributed by atoms with Gasteiger partial charge in [0, 0.05) is 11.7 Å². The number of benzene rings is 2. The Hall–Kier alpha value is -3.00. The van der Waals surface area contributed by atoms with Crippen LogP contribution in [-0.4, -0.2) is 52.5 Å². The Bertz CT molecular complexity index is 1220. The van der Waals surface area contributed by atoms with Crippen molar-refractivity contribution in [3.63, 3.8) is 0 Å². The van der Waals surface area contributed by atoms with Crippen molar-refractivity contribution in [1.29, 1.82) is 0 Å². The van der Waals surface area contributed by atoms with Crippen LogP contribution < -0.4 is 10.6 Å². The maximum Gasteiger partial charge on any atom is 0.408 e. The monoisotopic (exact) mass is 567 g/mol. The molecule has 40 heavy (non-hydrogen) atoms. The molecule has 4 unspecified atom stereocenters. The fraction of sp³-hybridized carbons (Fsp3) is 0.531. The molecule has 3 rings (SSSR count). The topological polar surface area (TPSA) is 87.7 Å². The smallest absolute Gasteiger partial charge is 0.408 e. The number of thioether (sulfide) groups is 1. The molecule has 2 aromatic rings. The molecule has 0 spiro atoms. The third-order valence-electron chi connectivity index (χ3n) is 7.48. The van der Waals surface area contributed by atoms with Gasteiger partial charge in [0.2, 0.25) is 5.91 Å². The predicted octanol–water partition coefficient (Wildman–Crippen LogP) is 6.48. The molecule has 0 saturated heterocycles. The van der Waals surface area contributed by atoms with Gasteiger partial charge in [-0.1, -0.05) is 43.3 Å². The molecule has 1 fully saturated rings. The van der Waals surface area contributed by atoms with Gasteiger partial charge in [0.05, 0.1) is 0 Å². The van der Waals surface area contributed by atoms with Crippen LogP contribution >= 0.6 is 11.8 Å². The molecule has 0 heterocycles. The van der Waals surface area contributed by atoms with Crippen LogP contribution in [0.4, 0.5) is 10.5 Å². The summed E-state index contributed by atoms with van der Waals surface area (Å²) in [5.74, 6) is 0.381. The molecule has 2 N–H and O–H groups in total. The number of amides is 3. The summed E-state index contributed by atoms with van der Waals surface area (Å²) in [6, 6.07) is 9.96. The van der Waals surface area contributed by atoms with Crippen molar-refractivity contribution in [3.05, 3.63) is 64.2 Å². The SMILES string of the molecule is CSCCC(NC(=O)OC(C)(C)C)C(=O)N(C(C(=O)Nc1c(C)cccc1C)c1cccc(C)c1C)C1CC1C. The molecule has 0 radical (unpaired) electrons. The van der Waals surface area contributed by atoms with Gasteiger partial charge in [-0.05, 0) is 107 Å². The van der Waals surface area contributed by atoms with E-state index in [4.69, 9.17) is 4.74 Å². The summed E-state index contributed by atoms with van der Waals surface area (Å²) in [6.45, 7) is 15.4. The maximum atomic E-state index is 14.4. The van der Waals surface area contributed by atoms with Gasteiger partial charge in [-0.3, -0.25) is 9.59 Å². The van der Waals surface area contributed by atoms with E-state index in [1.807, 2.05) is 70.3 Å². The van der Waals surface area contributed by atoms with Crippen molar-refractivity contribution >= 4 is 35.4 Å². The number of carbonyl (C=O) groups is 3. The van der Waals surface area contributed by atoms with Crippen LogP contribution in [0.3, 0.4) is 0 Å². The van der Waals surface area contributed by atoms with Gasteiger partial charge < -0.3 is 20.3 Å². The minimum Gasteiger partial charge on any atom is -0.444 e. The van der Waals surface area contributed by atoms with Crippen LogP contribution in [-0.2, 0) is 14.3 Å². The zero-order valence-corrected chi connectivity index (χ0v) is 26.2. The van der Waals surface area contributed by atoms with Gasteiger partial charge in [-0.25, -0.2) is 4.79 Å². The number of hydrogen-bond acceptors (Lipinski definition) is 5. The number of nitrogens with zero attached hydrogens (tertiary/aromatic N) is 1. The number of anilines is 1. The highest BCUT2D eigenvalue weighted by molar-refractivity contribution is 7.98. The molecule has 1 saturated carbocycles. The molecule has 7 nitrogen and oxygen atoms in total. The molecule has 0 aromatic heterocycles. The minimum atomic E-state index is -0.862. The lowest BCUT2D eigenvalue weighted by Crippen LogP contribution is -2.53. The second-order valence-electron chi connectivity index (χ2n) is 12.0. The van der Waals surface area contributed by atoms with Crippen LogP contribution in [0.5, 0.6) is 0 Å². The van der Waals surface area contributed by atoms with Gasteiger partial charge in [0.25, 0.3) is 5.91 Å². The molecular weight excluding hydrogens is 522 g/mol. The van der Waals surface area contributed by atoms with E-state index in [9.17, 15) is 14.4 Å². The molecule has 1 aliphatic carbocycles. The average Bonchev–Trinajstić information content (AvgIpc) is 3.58. The van der Waals surface area contributed by atoms with E-state index in [0.29, 0.717) is 12.2 Å². The summed E-state index contributed by atoms with van der Waals surface area (Å²) in [5.41, 5.74) is 4.77. The van der Waals surface area contributed by atoms with Crippen LogP contribution in [0.15, 0.2) is 36.4 Å². The van der Waals surface area contributed by atoms with E-state index in [2.05, 4.69) is 17.6 Å². The summed E-state index contributed by atoms with van der Waals surface area (Å²) in [4.78, 5) is 43.3. The Kier molecular flexibility index (Phi) is 10.3. The zero-order chi connectivity index (χ0) is 29.8. The highest BCUT2D eigenvalue weighted by Gasteiger charge is 2.48. The second-order valence-corrected chi connectivity index (χ2v) is 12.9. The first-order chi connectivity index (χ1) is 18.7. The average molecular weight is 568 g/mol. The molecular formula is C32H45N3O4S. The largest absolute Gasteiger partial charge is 0.444 e. The van der Waals surface area contributed by atoms with Gasteiger partial charge in [0.15, 0.2) is 0 Å². The molecule has 3 amide bonds. The summed E-state index contributed by atoms with van der Waals surface area (Å²) >= 11 is 1.60. The first kappa shape index (κ1) is 31.5. The number of nitrogens with one attached hydrogen (secondary N) is 2. The van der Waals surface area contributed by atoms with Crippen LogP contribution in [0.25, 0.3) is 0 Å². The van der Waals surface area contributed by atoms with E-state index in [1.54, 1.807) is 37.4 Å². The molecule has 1 aliphatic rings. The van der Waals surface area contributed by atoms with Crippen molar-refractivity contribution in [2.24, 2.45) is 5.92 Å². The highest BCUT2D eigenvalue weighted by atomic mass is 32.2. The van der Waals surface area contributed by atoms with Gasteiger partial charge >= 0.3 is 6.09 Å². The van der Waals surface area contributed by atoms with Gasteiger partial charge in [-0.2, -0.15) is 11.8 Å². The molecule has 218 valence electrons. The molecule has 8 heteroatoms. The van der Waals surface area contributed by atoms with Crippen molar-refractivity contribution in [1.82, 2.24) is 10.2 Å². The van der Waals surface area contributed by atoms with E-state index < -0.39 is 23.8 Å². The summed E-state index contributed by atoms with van der Waals surface area (Å²) in [5, 5.41) is 5.99. The lowest BCUT2D eigenvalue weighted by molar-refractivity contribution is -0.141. The second kappa shape index (κ2) is 13.1. The van der Waals surface area contributed by atoms with Gasteiger partial charge in [-0.15, -0.1) is 0 Å². The number of rotatable bonds is 10. The summed E-state index contributed by atoms with van der Waals surface area (Å²) < 4.78 is 5.50. The van der Waals surface area contributed by atoms with Crippen molar-refractivity contribution in [3.8, 4) is 0 Å². The molecule has 2 aromatic carbocycles. The Morgan fingerprint density at radius 3 is 2.15 bits per heavy atom. The molecule has 4 atom stereocenters. The van der Waals surface area contributed by atoms with Crippen LogP contribution in [0.2, 0.25) is 0 Å². The van der Waals surface area contributed by atoms with Crippen molar-refractivity contribution in [2.75, 3.05) is 17.3 Å². The number of carbonyl (C=O) groups excluding carboxylic acids is 3. The number of aryl methyl sites for hydroxylation is 3. The Morgan fingerprint density at radius 1 is 1.02 bits per heavy atom. The van der Waals surface area contributed by atoms with Gasteiger partial charge in [0.1, 0.15) is 17.7 Å². The fourth-order valence-corrected chi connectivity index (χ4v) is 5.46. The maximum absolute atomic E-state index is 14.4. The van der Waals surface area contributed by atoms with E-state index in [-0.39, 0.29) is 23.8 Å². The van der Waals surface area contributed by atoms with E-state index in [0.717, 1.165) is 39.9 Å². The third-order valence-corrected chi connectivity index (χ3v) is 8.12. The fourth-order valence-electron chi connectivity index (χ4n) is 4.99. The molecule has 0 bridgehead atoms. The first-order valence-electron chi connectivity index (χ1n) is 14.0. The van der Waals surface area contributed by atoms with Crippen LogP contribution in [0.1, 0.15) is 74.4 Å². The number of para-hydroxylation sites is 1. The lowest BCUT2D eigenvalue weighted by Gasteiger charge is -2.36. The Labute approximate surface area is 243 Å². The van der Waals surface area contributed by atoms with E-state index >= 15 is 0 Å². The highest BCUT2D eigenvalue weighted by Crippen LogP contribution is 2.42. The Balaban J connectivity index is 2.09. The first-order valence-corrected chi connectivity index (χ1v) is 15.4. The standard InChI is InChI=1S/C32H45N3O4S/c1-19-12-11-15-24(23(19)5)28(29(36)34-27-20(2)13-10-14-21(27)3)35(26-18-22(26)4)30(37)25(16-17-40-9)33-31(38)39-32(6,7)8/h10-15,22,25-26,28H,16-18H2,1-9H3,(H,33,38)(H,34,36). The number of hydrogen-bond donors (Lipinski definition) is 2. The quantitative estimate of drug-likeness (QED) is 0.343. The zero-order valence-electron chi connectivity index (χ0n) is 25.4. The minimum absolute atomic E-state index is 0.113. The van der Waals surface area contributed by atoms with E-state index in [1.165, 1.54) is 0 Å². The summed E-state index contributed by atoms with van der Waals surface area (Å²) in [7, 11) is 0. The lowest BCUT2D eigenvalue weighted by atomic mass is 9.94. The number of alkyl carbamates (subject to hydrolysis) is 1. The number of ether oxygens (including phenoxy) is 1. The Morgan fingerprint density at radius 2 is 1.60 bits per heavy atom. The van der Waals surface area contributed by atoms with Crippen molar-refractivity contribution in [2.45, 2.75) is 92.0 Å². The normalized spacial score (nSPS) is 17.9. The van der Waals surface area contributed by atoms with Crippen LogP contribution in [0, 0.1) is 33.6 Å².